The normalized spacial score (nSPS) is 12.8. The Bertz CT molecular complexity index is 1520. The molecule has 1 aliphatic heterocycles. The molecule has 336 valence electrons. The van der Waals surface area contributed by atoms with Crippen molar-refractivity contribution < 1.29 is 46.9 Å². The van der Waals surface area contributed by atoms with Crippen molar-refractivity contribution in [1.29, 1.82) is 5.41 Å². The molecule has 3 rings (SSSR count). The van der Waals surface area contributed by atoms with E-state index >= 15 is 0 Å². The second kappa shape index (κ2) is 33.5. The van der Waals surface area contributed by atoms with Crippen LogP contribution >= 0.6 is 0 Å². The second-order valence-electron chi connectivity index (χ2n) is 14.8. The van der Waals surface area contributed by atoms with Gasteiger partial charge in [0.05, 0.1) is 22.6 Å². The van der Waals surface area contributed by atoms with Crippen LogP contribution in [0.3, 0.4) is 0 Å². The number of methoxy groups -OCH3 is 1. The SMILES string of the molecule is C#C.C1CCNC1.C=C(C(=O)NC)C(CCNC=O)CCOC(C)(C)C.CC(=N)c1oc2ccccc2c1N=C(C)C(F)(F)COCCCC=O.CO.COC(C)(C)C. The van der Waals surface area contributed by atoms with Gasteiger partial charge in [-0.05, 0) is 119 Å². The monoisotopic (exact) mass is 838 g/mol. The first-order valence-corrected chi connectivity index (χ1v) is 19.5. The fourth-order valence-electron chi connectivity index (χ4n) is 4.51. The summed E-state index contributed by atoms with van der Waals surface area (Å²) in [4.78, 5) is 36.1. The van der Waals surface area contributed by atoms with Gasteiger partial charge in [0, 0.05) is 58.4 Å². The number of likely N-dealkylation sites (N-methyl/N-ethyl adjacent to an activating group) is 1. The Balaban J connectivity index is -0.000000805. The third-order valence-corrected chi connectivity index (χ3v) is 7.92. The maximum atomic E-state index is 14.2. The molecular weight excluding hydrogens is 765 g/mol. The highest BCUT2D eigenvalue weighted by molar-refractivity contribution is 6.08. The molecule has 1 atom stereocenters. The molecule has 13 nitrogen and oxygen atoms in total. The van der Waals surface area contributed by atoms with E-state index in [1.165, 1.54) is 39.8 Å². The Morgan fingerprint density at radius 3 is 2.08 bits per heavy atom. The number of rotatable bonds is 18. The van der Waals surface area contributed by atoms with Crippen LogP contribution in [0.15, 0.2) is 45.8 Å². The molecule has 1 aromatic heterocycles. The van der Waals surface area contributed by atoms with E-state index in [4.69, 9.17) is 29.1 Å². The number of carbonyl (C=O) groups is 3. The van der Waals surface area contributed by atoms with Gasteiger partial charge in [-0.1, -0.05) is 18.7 Å². The fraction of sp³-hybridized carbons (Fsp3) is 0.614. The van der Waals surface area contributed by atoms with Crippen LogP contribution in [0.1, 0.15) is 99.7 Å². The third-order valence-electron chi connectivity index (χ3n) is 7.92. The lowest BCUT2D eigenvalue weighted by atomic mass is 9.93. The highest BCUT2D eigenvalue weighted by Crippen LogP contribution is 2.35. The number of para-hydroxylation sites is 1. The summed E-state index contributed by atoms with van der Waals surface area (Å²) >= 11 is 0. The first kappa shape index (κ1) is 59.0. The number of aliphatic hydroxyl groups excluding tert-OH is 1. The van der Waals surface area contributed by atoms with Crippen LogP contribution in [-0.4, -0.2) is 113 Å². The van der Waals surface area contributed by atoms with Crippen molar-refractivity contribution in [2.45, 2.75) is 111 Å². The number of amides is 2. The molecule has 2 aromatic rings. The highest BCUT2D eigenvalue weighted by Gasteiger charge is 2.34. The third kappa shape index (κ3) is 28.7. The number of nitrogens with one attached hydrogen (secondary N) is 4. The van der Waals surface area contributed by atoms with E-state index in [1.807, 2.05) is 41.5 Å². The van der Waals surface area contributed by atoms with Crippen LogP contribution < -0.4 is 16.0 Å². The minimum Gasteiger partial charge on any atom is -0.452 e. The maximum absolute atomic E-state index is 14.2. The Labute approximate surface area is 352 Å². The van der Waals surface area contributed by atoms with Gasteiger partial charge < -0.3 is 49.9 Å². The minimum atomic E-state index is -3.26. The number of aliphatic imine (C=N–C) groups is 1. The van der Waals surface area contributed by atoms with Crippen LogP contribution in [-0.2, 0) is 28.6 Å². The number of terminal acetylenes is 1. The smallest absolute Gasteiger partial charge is 0.308 e. The standard InChI is InChI=1S/C18H20F2N2O3.C14H26N2O3.C5H12O.C4H9N.C2H2.CH4O/c1-12(21)17-16(14-7-3-4-8-15(14)25-17)22-13(2)18(19,20)11-24-10-6-5-9-23;1-11(13(18)15-5)12(6-8-16-10-17)7-9-19-14(2,3)4;1-5(2,3)6-4;1-2-4-5-3-1;2*1-2/h3-4,7-9,21H,5-6,10-11H2,1-2H3;10,12H,1,6-9H2,2-5H3,(H,15,18)(H,16,17);1-4H3;5H,1-4H2;1-2H;2H,1H3. The van der Waals surface area contributed by atoms with Gasteiger partial charge in [0.25, 0.3) is 0 Å². The summed E-state index contributed by atoms with van der Waals surface area (Å²) in [5, 5.41) is 23.8. The molecule has 0 saturated carbocycles. The summed E-state index contributed by atoms with van der Waals surface area (Å²) in [5.41, 5.74) is 0.783. The molecule has 2 heterocycles. The maximum Gasteiger partial charge on any atom is 0.308 e. The second-order valence-corrected chi connectivity index (χ2v) is 14.8. The Morgan fingerprint density at radius 1 is 1.05 bits per heavy atom. The van der Waals surface area contributed by atoms with E-state index in [0.29, 0.717) is 55.4 Å². The number of carbonyl (C=O) groups excluding carboxylic acids is 3. The van der Waals surface area contributed by atoms with Gasteiger partial charge in [-0.15, -0.1) is 12.8 Å². The summed E-state index contributed by atoms with van der Waals surface area (Å²) in [5.74, 6) is -3.24. The van der Waals surface area contributed by atoms with Crippen molar-refractivity contribution >= 4 is 46.7 Å². The number of aliphatic hydroxyl groups is 1. The molecule has 1 saturated heterocycles. The summed E-state index contributed by atoms with van der Waals surface area (Å²) in [6.45, 7) is 21.5. The van der Waals surface area contributed by atoms with E-state index in [-0.39, 0.29) is 53.2 Å². The van der Waals surface area contributed by atoms with Gasteiger partial charge in [0.1, 0.15) is 24.2 Å². The van der Waals surface area contributed by atoms with E-state index in [2.05, 4.69) is 40.4 Å². The molecule has 1 aromatic carbocycles. The van der Waals surface area contributed by atoms with Crippen LogP contribution in [0.2, 0.25) is 0 Å². The van der Waals surface area contributed by atoms with Crippen molar-refractivity contribution in [3.05, 3.63) is 42.2 Å². The van der Waals surface area contributed by atoms with Gasteiger partial charge in [-0.3, -0.25) is 9.59 Å². The molecule has 0 bridgehead atoms. The number of furan rings is 1. The van der Waals surface area contributed by atoms with Gasteiger partial charge in [-0.25, -0.2) is 4.99 Å². The number of ether oxygens (including phenoxy) is 3. The lowest BCUT2D eigenvalue weighted by Gasteiger charge is -2.23. The Hall–Kier alpha value is -4.33. The molecule has 1 fully saturated rings. The van der Waals surface area contributed by atoms with Crippen molar-refractivity contribution in [2.75, 3.05) is 60.7 Å². The fourth-order valence-corrected chi connectivity index (χ4v) is 4.51. The lowest BCUT2D eigenvalue weighted by molar-refractivity contribution is -0.117. The van der Waals surface area contributed by atoms with Crippen LogP contribution in [0, 0.1) is 24.2 Å². The summed E-state index contributed by atoms with van der Waals surface area (Å²) in [7, 11) is 4.29. The molecular formula is C44H73F2N5O8. The number of aldehydes is 1. The predicted molar refractivity (Wildman–Crippen MR) is 235 cm³/mol. The van der Waals surface area contributed by atoms with Gasteiger partial charge in [0.15, 0.2) is 5.76 Å². The Kier molecular flexibility index (Phi) is 33.5. The zero-order chi connectivity index (χ0) is 46.1. The number of halogens is 2. The van der Waals surface area contributed by atoms with Crippen molar-refractivity contribution in [1.82, 2.24) is 16.0 Å². The molecule has 0 radical (unpaired) electrons. The van der Waals surface area contributed by atoms with Crippen LogP contribution in [0.25, 0.3) is 11.0 Å². The van der Waals surface area contributed by atoms with E-state index in [0.717, 1.165) is 13.4 Å². The predicted octanol–water partition coefficient (Wildman–Crippen LogP) is 7.45. The minimum absolute atomic E-state index is 0.00903. The van der Waals surface area contributed by atoms with Crippen LogP contribution in [0.4, 0.5) is 14.5 Å². The number of alkyl halides is 2. The van der Waals surface area contributed by atoms with E-state index in [9.17, 15) is 23.2 Å². The molecule has 15 heteroatoms. The lowest BCUT2D eigenvalue weighted by Crippen LogP contribution is -2.32. The quantitative estimate of drug-likeness (QED) is 0.0335. The largest absolute Gasteiger partial charge is 0.452 e. The van der Waals surface area contributed by atoms with Gasteiger partial charge in [0.2, 0.25) is 12.3 Å². The van der Waals surface area contributed by atoms with Crippen molar-refractivity contribution in [3.8, 4) is 12.8 Å². The number of nitrogens with zero attached hydrogens (tertiary/aromatic N) is 1. The number of fused-ring (bicyclic) bond motifs is 1. The first-order chi connectivity index (χ1) is 27.7. The van der Waals surface area contributed by atoms with Gasteiger partial charge >= 0.3 is 5.92 Å². The molecule has 1 unspecified atom stereocenters. The molecule has 1 aliphatic rings. The average Bonchev–Trinajstić information content (AvgIpc) is 3.91. The molecule has 59 heavy (non-hydrogen) atoms. The average molecular weight is 838 g/mol. The topological polar surface area (TPSA) is 185 Å². The first-order valence-electron chi connectivity index (χ1n) is 19.5. The van der Waals surface area contributed by atoms with E-state index in [1.54, 1.807) is 38.4 Å². The molecule has 0 aliphatic carbocycles. The number of unbranched alkanes of at least 4 members (excludes halogenated alkanes) is 1. The number of hydrogen-bond donors (Lipinski definition) is 5. The van der Waals surface area contributed by atoms with Gasteiger partial charge in [-0.2, -0.15) is 8.78 Å². The molecule has 2 amide bonds. The molecule has 0 spiro atoms. The van der Waals surface area contributed by atoms with E-state index < -0.39 is 18.2 Å². The summed E-state index contributed by atoms with van der Waals surface area (Å²) in [6.07, 6.45) is 14.2. The van der Waals surface area contributed by atoms with Crippen molar-refractivity contribution in [3.63, 3.8) is 0 Å². The number of benzene rings is 1. The van der Waals surface area contributed by atoms with Crippen LogP contribution in [0.5, 0.6) is 0 Å². The zero-order valence-electron chi connectivity index (χ0n) is 37.4. The summed E-state index contributed by atoms with van der Waals surface area (Å²) < 4.78 is 49.6. The highest BCUT2D eigenvalue weighted by atomic mass is 19.3. The molecule has 5 N–H and O–H groups in total. The Morgan fingerprint density at radius 2 is 1.63 bits per heavy atom. The zero-order valence-corrected chi connectivity index (χ0v) is 37.4. The summed E-state index contributed by atoms with van der Waals surface area (Å²) in [6, 6.07) is 6.93. The number of hydrogen-bond acceptors (Lipinski definition) is 11. The van der Waals surface area contributed by atoms with Crippen molar-refractivity contribution in [2.24, 2.45) is 10.9 Å².